The molecule has 9 heteroatoms. The van der Waals surface area contributed by atoms with Gasteiger partial charge in [0.25, 0.3) is 11.8 Å². The molecule has 3 N–H and O–H groups in total. The fourth-order valence-electron chi connectivity index (χ4n) is 3.54. The maximum absolute atomic E-state index is 13.0. The van der Waals surface area contributed by atoms with Gasteiger partial charge in [-0.1, -0.05) is 18.2 Å². The summed E-state index contributed by atoms with van der Waals surface area (Å²) in [5.41, 5.74) is 7.19. The molecule has 3 aromatic rings. The number of amides is 5. The molecule has 0 saturated carbocycles. The first-order valence-electron chi connectivity index (χ1n) is 9.14. The van der Waals surface area contributed by atoms with Gasteiger partial charge in [0.2, 0.25) is 5.91 Å². The number of primary amides is 1. The first-order chi connectivity index (χ1) is 14.4. The third-order valence-corrected chi connectivity index (χ3v) is 4.96. The topological polar surface area (TPSA) is 128 Å². The molecule has 30 heavy (non-hydrogen) atoms. The maximum atomic E-state index is 13.0. The molecule has 3 heterocycles. The summed E-state index contributed by atoms with van der Waals surface area (Å²) in [6.45, 7) is 1.62. The molecule has 1 fully saturated rings. The number of benzene rings is 1. The first-order valence-corrected chi connectivity index (χ1v) is 9.14. The minimum absolute atomic E-state index is 0.0429. The summed E-state index contributed by atoms with van der Waals surface area (Å²) in [5, 5.41) is 2.93. The van der Waals surface area contributed by atoms with Crippen LogP contribution in [-0.2, 0) is 27.5 Å². The largest absolute Gasteiger partial charge is 0.467 e. The number of aromatic nitrogens is 1. The van der Waals surface area contributed by atoms with Crippen LogP contribution in [0.25, 0.3) is 17.0 Å². The van der Waals surface area contributed by atoms with Crippen LogP contribution in [0.4, 0.5) is 4.79 Å². The highest BCUT2D eigenvalue weighted by molar-refractivity contribution is 6.31. The third kappa shape index (κ3) is 3.26. The van der Waals surface area contributed by atoms with Gasteiger partial charge in [0.1, 0.15) is 17.9 Å². The SMILES string of the molecule is Cc1c(C=C2C(=O)NC(=O)N(Cc3ccco3)C2=O)c2ccccc2n1CC(N)=O. The molecule has 1 aromatic carbocycles. The summed E-state index contributed by atoms with van der Waals surface area (Å²) in [4.78, 5) is 50.0. The quantitative estimate of drug-likeness (QED) is 0.492. The number of urea groups is 1. The van der Waals surface area contributed by atoms with Crippen molar-refractivity contribution in [2.75, 3.05) is 0 Å². The van der Waals surface area contributed by atoms with Gasteiger partial charge in [-0.05, 0) is 31.2 Å². The number of fused-ring (bicyclic) bond motifs is 1. The Kier molecular flexibility index (Phi) is 4.71. The standard InChI is InChI=1S/C21H18N4O5/c1-12-15(14-6-2-3-7-17(14)24(12)11-18(22)26)9-16-19(27)23-21(29)25(20(16)28)10-13-5-4-8-30-13/h2-9H,10-11H2,1H3,(H2,22,26)(H,23,27,29). The van der Waals surface area contributed by atoms with Crippen LogP contribution in [0.1, 0.15) is 17.0 Å². The highest BCUT2D eigenvalue weighted by Gasteiger charge is 2.36. The number of hydrogen-bond acceptors (Lipinski definition) is 5. The van der Waals surface area contributed by atoms with E-state index in [-0.39, 0.29) is 18.7 Å². The van der Waals surface area contributed by atoms with Gasteiger partial charge in [-0.15, -0.1) is 0 Å². The lowest BCUT2D eigenvalue weighted by atomic mass is 10.0. The van der Waals surface area contributed by atoms with Crippen molar-refractivity contribution < 1.29 is 23.6 Å². The molecule has 0 unspecified atom stereocenters. The Morgan fingerprint density at radius 3 is 2.63 bits per heavy atom. The second-order valence-corrected chi connectivity index (χ2v) is 6.86. The molecule has 1 saturated heterocycles. The minimum atomic E-state index is -0.813. The average Bonchev–Trinajstić information content (AvgIpc) is 3.30. The molecule has 1 aliphatic heterocycles. The van der Waals surface area contributed by atoms with Gasteiger partial charge in [-0.25, -0.2) is 4.79 Å². The number of hydrogen-bond donors (Lipinski definition) is 2. The third-order valence-electron chi connectivity index (χ3n) is 4.96. The van der Waals surface area contributed by atoms with Gasteiger partial charge in [-0.3, -0.25) is 24.6 Å². The van der Waals surface area contributed by atoms with Crippen LogP contribution in [0, 0.1) is 6.92 Å². The maximum Gasteiger partial charge on any atom is 0.331 e. The molecule has 0 spiro atoms. The van der Waals surface area contributed by atoms with Crippen molar-refractivity contribution in [3.05, 3.63) is 65.3 Å². The number of furan rings is 1. The van der Waals surface area contributed by atoms with Gasteiger partial charge in [0, 0.05) is 22.2 Å². The van der Waals surface area contributed by atoms with Crippen molar-refractivity contribution >= 4 is 40.7 Å². The second-order valence-electron chi connectivity index (χ2n) is 6.86. The molecule has 1 aliphatic rings. The van der Waals surface area contributed by atoms with Gasteiger partial charge >= 0.3 is 6.03 Å². The van der Waals surface area contributed by atoms with Crippen LogP contribution in [0.15, 0.2) is 52.7 Å². The fourth-order valence-corrected chi connectivity index (χ4v) is 3.54. The van der Waals surface area contributed by atoms with E-state index in [1.807, 2.05) is 24.3 Å². The average molecular weight is 406 g/mol. The number of imide groups is 2. The smallest absolute Gasteiger partial charge is 0.331 e. The van der Waals surface area contributed by atoms with E-state index in [2.05, 4.69) is 5.32 Å². The molecule has 4 rings (SSSR count). The van der Waals surface area contributed by atoms with E-state index in [1.54, 1.807) is 23.6 Å². The molecule has 0 aliphatic carbocycles. The van der Waals surface area contributed by atoms with E-state index in [0.29, 0.717) is 17.0 Å². The normalized spacial score (nSPS) is 15.8. The van der Waals surface area contributed by atoms with Gasteiger partial charge in [0.15, 0.2) is 0 Å². The Morgan fingerprint density at radius 1 is 1.17 bits per heavy atom. The Bertz CT molecular complexity index is 1220. The molecular weight excluding hydrogens is 388 g/mol. The molecule has 152 valence electrons. The van der Waals surface area contributed by atoms with Crippen LogP contribution < -0.4 is 11.1 Å². The number of carbonyl (C=O) groups excluding carboxylic acids is 4. The predicted octanol–water partition coefficient (Wildman–Crippen LogP) is 1.69. The summed E-state index contributed by atoms with van der Waals surface area (Å²) < 4.78 is 6.93. The summed E-state index contributed by atoms with van der Waals surface area (Å²) in [7, 11) is 0. The van der Waals surface area contributed by atoms with E-state index >= 15 is 0 Å². The van der Waals surface area contributed by atoms with Crippen molar-refractivity contribution in [2.24, 2.45) is 5.73 Å². The number of nitrogens with two attached hydrogens (primary N) is 1. The zero-order valence-corrected chi connectivity index (χ0v) is 16.0. The minimum Gasteiger partial charge on any atom is -0.467 e. The summed E-state index contributed by atoms with van der Waals surface area (Å²) in [5.74, 6) is -1.63. The van der Waals surface area contributed by atoms with E-state index in [1.165, 1.54) is 12.3 Å². The van der Waals surface area contributed by atoms with E-state index in [9.17, 15) is 19.2 Å². The van der Waals surface area contributed by atoms with Crippen LogP contribution in [0.3, 0.4) is 0 Å². The Morgan fingerprint density at radius 2 is 1.93 bits per heavy atom. The molecule has 5 amide bonds. The summed E-state index contributed by atoms with van der Waals surface area (Å²) in [6.07, 6.45) is 2.87. The molecular formula is C21H18N4O5. The number of barbiturate groups is 1. The fraction of sp³-hybridized carbons (Fsp3) is 0.143. The van der Waals surface area contributed by atoms with Crippen molar-refractivity contribution in [3.8, 4) is 0 Å². The van der Waals surface area contributed by atoms with Crippen LogP contribution in [0.2, 0.25) is 0 Å². The van der Waals surface area contributed by atoms with E-state index in [0.717, 1.165) is 15.8 Å². The highest BCUT2D eigenvalue weighted by atomic mass is 16.3. The number of rotatable bonds is 5. The second kappa shape index (κ2) is 7.36. The zero-order chi connectivity index (χ0) is 21.4. The number of para-hydroxylation sites is 1. The van der Waals surface area contributed by atoms with Crippen molar-refractivity contribution in [2.45, 2.75) is 20.0 Å². The number of nitrogens with one attached hydrogen (secondary N) is 1. The lowest BCUT2D eigenvalue weighted by Crippen LogP contribution is -2.53. The number of nitrogens with zero attached hydrogens (tertiary/aromatic N) is 2. The van der Waals surface area contributed by atoms with Crippen molar-refractivity contribution in [3.63, 3.8) is 0 Å². The van der Waals surface area contributed by atoms with Crippen LogP contribution >= 0.6 is 0 Å². The van der Waals surface area contributed by atoms with E-state index in [4.69, 9.17) is 10.2 Å². The predicted molar refractivity (Wildman–Crippen MR) is 107 cm³/mol. The Labute approximate surface area is 170 Å². The molecule has 0 radical (unpaired) electrons. The van der Waals surface area contributed by atoms with Gasteiger partial charge < -0.3 is 14.7 Å². The molecule has 2 aromatic heterocycles. The molecule has 0 atom stereocenters. The zero-order valence-electron chi connectivity index (χ0n) is 16.0. The lowest BCUT2D eigenvalue weighted by molar-refractivity contribution is -0.130. The first kappa shape index (κ1) is 19.2. The van der Waals surface area contributed by atoms with Crippen molar-refractivity contribution in [1.82, 2.24) is 14.8 Å². The van der Waals surface area contributed by atoms with E-state index < -0.39 is 23.8 Å². The highest BCUT2D eigenvalue weighted by Crippen LogP contribution is 2.29. The lowest BCUT2D eigenvalue weighted by Gasteiger charge is -2.25. The van der Waals surface area contributed by atoms with Gasteiger partial charge in [-0.2, -0.15) is 0 Å². The van der Waals surface area contributed by atoms with Crippen LogP contribution in [0.5, 0.6) is 0 Å². The molecule has 9 nitrogen and oxygen atoms in total. The Hall–Kier alpha value is -4.14. The van der Waals surface area contributed by atoms with Crippen LogP contribution in [-0.4, -0.2) is 33.2 Å². The number of carbonyl (C=O) groups is 4. The monoisotopic (exact) mass is 406 g/mol. The van der Waals surface area contributed by atoms with Gasteiger partial charge in [0.05, 0.1) is 12.8 Å². The van der Waals surface area contributed by atoms with Crippen molar-refractivity contribution in [1.29, 1.82) is 0 Å². The summed E-state index contributed by atoms with van der Waals surface area (Å²) >= 11 is 0. The summed E-state index contributed by atoms with van der Waals surface area (Å²) in [6, 6.07) is 9.73. The molecule has 0 bridgehead atoms. The Balaban J connectivity index is 1.80.